The smallest absolute Gasteiger partial charge is 0.307 e. The van der Waals surface area contributed by atoms with E-state index in [1.54, 1.807) is 6.92 Å². The van der Waals surface area contributed by atoms with Gasteiger partial charge in [-0.25, -0.2) is 17.1 Å². The van der Waals surface area contributed by atoms with Crippen LogP contribution in [0.2, 0.25) is 0 Å². The van der Waals surface area contributed by atoms with Crippen molar-refractivity contribution in [1.82, 2.24) is 4.31 Å². The van der Waals surface area contributed by atoms with Crippen molar-refractivity contribution >= 4 is 21.7 Å². The number of carbonyl (C=O) groups excluding carboxylic acids is 1. The molecule has 0 aliphatic carbocycles. The summed E-state index contributed by atoms with van der Waals surface area (Å²) >= 11 is 0. The lowest BCUT2D eigenvalue weighted by Crippen LogP contribution is -2.30. The molecule has 0 spiro atoms. The lowest BCUT2D eigenvalue weighted by molar-refractivity contribution is -0.143. The van der Waals surface area contributed by atoms with Crippen LogP contribution < -0.4 is 5.73 Å². The van der Waals surface area contributed by atoms with E-state index in [0.717, 1.165) is 16.4 Å². The van der Waals surface area contributed by atoms with Gasteiger partial charge in [-0.15, -0.1) is 0 Å². The van der Waals surface area contributed by atoms with Crippen molar-refractivity contribution < 1.29 is 22.3 Å². The zero-order valence-electron chi connectivity index (χ0n) is 11.3. The minimum absolute atomic E-state index is 0.0923. The second-order valence-electron chi connectivity index (χ2n) is 4.07. The number of sulfonamides is 1. The SMILES string of the molecule is CCOC(=O)CCN(C)S(=O)(=O)c1ccc(N)cc1F. The molecule has 1 aromatic carbocycles. The number of esters is 1. The van der Waals surface area contributed by atoms with Crippen LogP contribution in [0.15, 0.2) is 23.1 Å². The molecular weight excluding hydrogens is 287 g/mol. The average molecular weight is 304 g/mol. The molecule has 0 saturated heterocycles. The van der Waals surface area contributed by atoms with E-state index >= 15 is 0 Å². The maximum Gasteiger partial charge on any atom is 0.307 e. The van der Waals surface area contributed by atoms with Crippen molar-refractivity contribution in [3.8, 4) is 0 Å². The van der Waals surface area contributed by atoms with E-state index in [1.165, 1.54) is 13.1 Å². The van der Waals surface area contributed by atoms with Gasteiger partial charge in [0.1, 0.15) is 10.7 Å². The second-order valence-corrected chi connectivity index (χ2v) is 6.08. The van der Waals surface area contributed by atoms with Crippen molar-refractivity contribution in [3.63, 3.8) is 0 Å². The van der Waals surface area contributed by atoms with E-state index in [-0.39, 0.29) is 25.3 Å². The predicted molar refractivity (Wildman–Crippen MR) is 71.9 cm³/mol. The van der Waals surface area contributed by atoms with Gasteiger partial charge in [-0.2, -0.15) is 0 Å². The Kier molecular flexibility index (Phi) is 5.46. The number of ether oxygens (including phenoxy) is 1. The first kappa shape index (κ1) is 16.4. The van der Waals surface area contributed by atoms with E-state index in [1.807, 2.05) is 0 Å². The first-order valence-electron chi connectivity index (χ1n) is 5.96. The van der Waals surface area contributed by atoms with Crippen LogP contribution in [-0.2, 0) is 19.6 Å². The Morgan fingerprint density at radius 1 is 1.45 bits per heavy atom. The van der Waals surface area contributed by atoms with Gasteiger partial charge in [-0.1, -0.05) is 0 Å². The van der Waals surface area contributed by atoms with Crippen molar-refractivity contribution in [2.75, 3.05) is 25.9 Å². The van der Waals surface area contributed by atoms with Gasteiger partial charge in [0, 0.05) is 19.3 Å². The van der Waals surface area contributed by atoms with Crippen molar-refractivity contribution in [2.45, 2.75) is 18.2 Å². The molecule has 0 amide bonds. The van der Waals surface area contributed by atoms with E-state index in [4.69, 9.17) is 10.5 Å². The van der Waals surface area contributed by atoms with Gasteiger partial charge in [0.05, 0.1) is 13.0 Å². The fourth-order valence-electron chi connectivity index (χ4n) is 1.50. The summed E-state index contributed by atoms with van der Waals surface area (Å²) < 4.78 is 43.5. The summed E-state index contributed by atoms with van der Waals surface area (Å²) in [6.07, 6.45) is -0.0971. The number of hydrogen-bond acceptors (Lipinski definition) is 5. The monoisotopic (exact) mass is 304 g/mol. The largest absolute Gasteiger partial charge is 0.466 e. The highest BCUT2D eigenvalue weighted by Crippen LogP contribution is 2.20. The van der Waals surface area contributed by atoms with E-state index in [0.29, 0.717) is 0 Å². The van der Waals surface area contributed by atoms with Crippen LogP contribution in [0.3, 0.4) is 0 Å². The summed E-state index contributed by atoms with van der Waals surface area (Å²) in [5, 5.41) is 0. The molecule has 0 bridgehead atoms. The van der Waals surface area contributed by atoms with Crippen molar-refractivity contribution in [1.29, 1.82) is 0 Å². The topological polar surface area (TPSA) is 89.7 Å². The molecule has 0 aromatic heterocycles. The quantitative estimate of drug-likeness (QED) is 0.625. The van der Waals surface area contributed by atoms with Gasteiger partial charge in [-0.3, -0.25) is 4.79 Å². The molecule has 1 aromatic rings. The number of rotatable bonds is 6. The number of nitrogens with zero attached hydrogens (tertiary/aromatic N) is 1. The molecule has 0 aliphatic rings. The summed E-state index contributed by atoms with van der Waals surface area (Å²) in [7, 11) is -2.73. The summed E-state index contributed by atoms with van der Waals surface area (Å²) in [5.74, 6) is -1.43. The highest BCUT2D eigenvalue weighted by molar-refractivity contribution is 7.89. The molecular formula is C12H17FN2O4S. The molecule has 0 unspecified atom stereocenters. The van der Waals surface area contributed by atoms with Gasteiger partial charge in [-0.05, 0) is 25.1 Å². The molecule has 112 valence electrons. The van der Waals surface area contributed by atoms with Crippen LogP contribution in [0.1, 0.15) is 13.3 Å². The third-order valence-electron chi connectivity index (χ3n) is 2.58. The average Bonchev–Trinajstić information content (AvgIpc) is 2.35. The number of hydrogen-bond donors (Lipinski definition) is 1. The first-order valence-corrected chi connectivity index (χ1v) is 7.40. The van der Waals surface area contributed by atoms with E-state index in [2.05, 4.69) is 0 Å². The van der Waals surface area contributed by atoms with Crippen LogP contribution in [-0.4, -0.2) is 38.9 Å². The minimum atomic E-state index is -4.00. The number of halogens is 1. The summed E-state index contributed by atoms with van der Waals surface area (Å²) in [5.41, 5.74) is 5.50. The highest BCUT2D eigenvalue weighted by atomic mass is 32.2. The number of nitrogens with two attached hydrogens (primary N) is 1. The Hall–Kier alpha value is -1.67. The van der Waals surface area contributed by atoms with Crippen molar-refractivity contribution in [2.24, 2.45) is 0 Å². The van der Waals surface area contributed by atoms with Crippen molar-refractivity contribution in [3.05, 3.63) is 24.0 Å². The van der Waals surface area contributed by atoms with Gasteiger partial charge >= 0.3 is 5.97 Å². The molecule has 0 atom stereocenters. The van der Waals surface area contributed by atoms with E-state index in [9.17, 15) is 17.6 Å². The Balaban J connectivity index is 2.85. The van der Waals surface area contributed by atoms with E-state index < -0.39 is 26.7 Å². The molecule has 0 aliphatic heterocycles. The summed E-state index contributed by atoms with van der Waals surface area (Å²) in [6.45, 7) is 1.79. The lowest BCUT2D eigenvalue weighted by atomic mass is 10.3. The lowest BCUT2D eigenvalue weighted by Gasteiger charge is -2.17. The second kappa shape index (κ2) is 6.67. The van der Waals surface area contributed by atoms with Gasteiger partial charge < -0.3 is 10.5 Å². The number of carbonyl (C=O) groups is 1. The summed E-state index contributed by atoms with van der Waals surface area (Å²) in [6, 6.07) is 3.34. The molecule has 6 nitrogen and oxygen atoms in total. The summed E-state index contributed by atoms with van der Waals surface area (Å²) in [4.78, 5) is 10.7. The molecule has 1 rings (SSSR count). The first-order chi connectivity index (χ1) is 9.28. The molecule has 8 heteroatoms. The van der Waals surface area contributed by atoms with Crippen LogP contribution >= 0.6 is 0 Å². The normalized spacial score (nSPS) is 11.6. The zero-order valence-corrected chi connectivity index (χ0v) is 12.1. The van der Waals surface area contributed by atoms with Crippen LogP contribution in [0.4, 0.5) is 10.1 Å². The van der Waals surface area contributed by atoms with Crippen LogP contribution in [0.25, 0.3) is 0 Å². The number of nitrogen functional groups attached to an aromatic ring is 1. The number of anilines is 1. The third kappa shape index (κ3) is 3.91. The molecule has 0 saturated carbocycles. The molecule has 2 N–H and O–H groups in total. The van der Waals surface area contributed by atoms with Gasteiger partial charge in [0.2, 0.25) is 10.0 Å². The minimum Gasteiger partial charge on any atom is -0.466 e. The molecule has 0 heterocycles. The zero-order chi connectivity index (χ0) is 15.3. The number of benzene rings is 1. The highest BCUT2D eigenvalue weighted by Gasteiger charge is 2.24. The Labute approximate surface area is 117 Å². The fourth-order valence-corrected chi connectivity index (χ4v) is 2.71. The van der Waals surface area contributed by atoms with Crippen LogP contribution in [0.5, 0.6) is 0 Å². The third-order valence-corrected chi connectivity index (χ3v) is 4.47. The molecule has 0 radical (unpaired) electrons. The van der Waals surface area contributed by atoms with Gasteiger partial charge in [0.25, 0.3) is 0 Å². The predicted octanol–water partition coefficient (Wildman–Crippen LogP) is 0.982. The van der Waals surface area contributed by atoms with Gasteiger partial charge in [0.15, 0.2) is 0 Å². The molecule has 20 heavy (non-hydrogen) atoms. The Bertz CT molecular complexity index is 589. The van der Waals surface area contributed by atoms with Crippen LogP contribution in [0, 0.1) is 5.82 Å². The maximum absolute atomic E-state index is 13.6. The maximum atomic E-state index is 13.6. The Morgan fingerprint density at radius 2 is 2.10 bits per heavy atom. The Morgan fingerprint density at radius 3 is 2.65 bits per heavy atom. The molecule has 0 fully saturated rings. The fraction of sp³-hybridized carbons (Fsp3) is 0.417. The standard InChI is InChI=1S/C12H17FN2O4S/c1-3-19-12(16)6-7-15(2)20(17,18)11-5-4-9(14)8-10(11)13/h4-5,8H,3,6-7,14H2,1-2H3.